The van der Waals surface area contributed by atoms with E-state index in [4.69, 9.17) is 0 Å². The van der Waals surface area contributed by atoms with Gasteiger partial charge >= 0.3 is 18.9 Å². The van der Waals surface area contributed by atoms with Crippen molar-refractivity contribution in [2.24, 2.45) is 5.41 Å². The molecule has 0 radical (unpaired) electrons. The minimum atomic E-state index is 0. The molecule has 1 saturated carbocycles. The normalized spacial score (nSPS) is 19.6. The van der Waals surface area contributed by atoms with Crippen LogP contribution in [0.1, 0.15) is 46.0 Å². The zero-order valence-corrected chi connectivity index (χ0v) is 10.3. The minimum Gasteiger partial charge on any atom is -0.337 e. The van der Waals surface area contributed by atoms with E-state index in [1.165, 1.54) is 37.9 Å². The average molecular weight is 192 g/mol. The van der Waals surface area contributed by atoms with Gasteiger partial charge < -0.3 is 6.92 Å². The van der Waals surface area contributed by atoms with E-state index < -0.39 is 0 Å². The molecule has 0 nitrogen and oxygen atoms in total. The quantitative estimate of drug-likeness (QED) is 0.473. The predicted octanol–water partition coefficient (Wildman–Crippen LogP) is 0.917. The fourth-order valence-electron chi connectivity index (χ4n) is 1.58. The Morgan fingerprint density at radius 1 is 1.23 bits per heavy atom. The molecule has 0 atom stereocenters. The van der Waals surface area contributed by atoms with Crippen LogP contribution in [0.15, 0.2) is 0 Å². The van der Waals surface area contributed by atoms with E-state index in [1.54, 1.807) is 0 Å². The summed E-state index contributed by atoms with van der Waals surface area (Å²) >= 11 is 2.14. The third-order valence-electron chi connectivity index (χ3n) is 2.26. The Morgan fingerprint density at radius 3 is 2.23 bits per heavy atom. The Kier molecular flexibility index (Phi) is 6.90. The van der Waals surface area contributed by atoms with E-state index in [2.05, 4.69) is 32.5 Å². The van der Waals surface area contributed by atoms with Crippen molar-refractivity contribution in [3.05, 3.63) is 6.92 Å². The summed E-state index contributed by atoms with van der Waals surface area (Å²) in [4.78, 5) is 0. The first kappa shape index (κ1) is 13.9. The third-order valence-corrected chi connectivity index (χ3v) is 4.15. The van der Waals surface area contributed by atoms with E-state index >= 15 is 0 Å². The average Bonchev–Trinajstić information content (AvgIpc) is 2.02. The Bertz CT molecular complexity index is 123. The summed E-state index contributed by atoms with van der Waals surface area (Å²) in [6, 6.07) is 0. The fourth-order valence-corrected chi connectivity index (χ4v) is 2.93. The summed E-state index contributed by atoms with van der Waals surface area (Å²) in [6.45, 7) is 8.58. The van der Waals surface area contributed by atoms with Crippen molar-refractivity contribution in [2.75, 3.05) is 5.75 Å². The van der Waals surface area contributed by atoms with Gasteiger partial charge in [-0.3, -0.25) is 0 Å². The topological polar surface area (TPSA) is 0 Å². The van der Waals surface area contributed by atoms with Gasteiger partial charge in [0.2, 0.25) is 0 Å². The number of hydrogen-bond donors (Lipinski definition) is 0. The zero-order chi connectivity index (χ0) is 9.03. The number of rotatable bonds is 3. The van der Waals surface area contributed by atoms with Crippen LogP contribution in [-0.4, -0.2) is 11.0 Å². The van der Waals surface area contributed by atoms with Crippen molar-refractivity contribution in [3.63, 3.8) is 0 Å². The molecule has 0 aromatic heterocycles. The SMILES string of the molecule is [CH2-]C(C)(C)CSC1CCCCC1.[Li+]. The van der Waals surface area contributed by atoms with Crippen molar-refractivity contribution < 1.29 is 18.9 Å². The Hall–Kier alpha value is 0.947. The van der Waals surface area contributed by atoms with Crippen molar-refractivity contribution in [3.8, 4) is 0 Å². The molecule has 1 rings (SSSR count). The minimum absolute atomic E-state index is 0. The molecule has 72 valence electrons. The van der Waals surface area contributed by atoms with Crippen molar-refractivity contribution >= 4 is 11.8 Å². The molecule has 0 amide bonds. The molecule has 13 heavy (non-hydrogen) atoms. The van der Waals surface area contributed by atoms with E-state index in [0.29, 0.717) is 0 Å². The maximum atomic E-state index is 4.13. The maximum absolute atomic E-state index is 4.13. The van der Waals surface area contributed by atoms with Gasteiger partial charge in [-0.1, -0.05) is 33.1 Å². The molecular weight excluding hydrogens is 171 g/mol. The van der Waals surface area contributed by atoms with Crippen LogP contribution in [0, 0.1) is 12.3 Å². The van der Waals surface area contributed by atoms with Crippen molar-refractivity contribution in [1.29, 1.82) is 0 Å². The van der Waals surface area contributed by atoms with Crippen LogP contribution < -0.4 is 18.9 Å². The van der Waals surface area contributed by atoms with E-state index in [9.17, 15) is 0 Å². The van der Waals surface area contributed by atoms with Crippen molar-refractivity contribution in [2.45, 2.75) is 51.2 Å². The molecule has 0 aliphatic heterocycles. The van der Waals surface area contributed by atoms with Crippen LogP contribution in [0.3, 0.4) is 0 Å². The van der Waals surface area contributed by atoms with Gasteiger partial charge in [0.05, 0.1) is 0 Å². The molecule has 1 fully saturated rings. The number of thioether (sulfide) groups is 1. The first-order valence-electron chi connectivity index (χ1n) is 5.05. The van der Waals surface area contributed by atoms with Gasteiger partial charge in [0.1, 0.15) is 0 Å². The second-order valence-corrected chi connectivity index (χ2v) is 6.02. The number of hydrogen-bond acceptors (Lipinski definition) is 1. The summed E-state index contributed by atoms with van der Waals surface area (Å²) in [5.74, 6) is 1.22. The van der Waals surface area contributed by atoms with Gasteiger partial charge in [0.15, 0.2) is 0 Å². The van der Waals surface area contributed by atoms with Gasteiger partial charge in [-0.25, -0.2) is 0 Å². The van der Waals surface area contributed by atoms with Gasteiger partial charge in [0.25, 0.3) is 0 Å². The maximum Gasteiger partial charge on any atom is 1.00 e. The molecule has 1 aliphatic carbocycles. The second-order valence-electron chi connectivity index (χ2n) is 4.74. The van der Waals surface area contributed by atoms with E-state index in [-0.39, 0.29) is 24.3 Å². The summed E-state index contributed by atoms with van der Waals surface area (Å²) in [6.07, 6.45) is 7.26. The van der Waals surface area contributed by atoms with Gasteiger partial charge in [-0.05, 0) is 18.6 Å². The van der Waals surface area contributed by atoms with Crippen molar-refractivity contribution in [1.82, 2.24) is 0 Å². The Labute approximate surface area is 99.8 Å². The zero-order valence-electron chi connectivity index (χ0n) is 9.44. The van der Waals surface area contributed by atoms with Crippen LogP contribution in [0.2, 0.25) is 0 Å². The molecule has 0 spiro atoms. The molecule has 0 aromatic rings. The van der Waals surface area contributed by atoms with Gasteiger partial charge in [-0.15, -0.1) is 0 Å². The third kappa shape index (κ3) is 6.95. The molecule has 0 bridgehead atoms. The standard InChI is InChI=1S/C11H21S.Li/c1-11(2,3)9-12-10-7-5-4-6-8-10;/h10H,1,4-9H2,2-3H3;/q-1;+1. The molecule has 0 unspecified atom stereocenters. The van der Waals surface area contributed by atoms with E-state index in [0.717, 1.165) is 5.25 Å². The van der Waals surface area contributed by atoms with E-state index in [1.807, 2.05) is 0 Å². The monoisotopic (exact) mass is 192 g/mol. The van der Waals surface area contributed by atoms with Crippen LogP contribution in [-0.2, 0) is 0 Å². The summed E-state index contributed by atoms with van der Waals surface area (Å²) in [7, 11) is 0. The molecule has 0 saturated heterocycles. The summed E-state index contributed by atoms with van der Waals surface area (Å²) in [5.41, 5.74) is 0.266. The molecule has 2 heteroatoms. The van der Waals surface area contributed by atoms with Gasteiger partial charge in [0, 0.05) is 5.25 Å². The molecule has 1 aliphatic rings. The fraction of sp³-hybridized carbons (Fsp3) is 0.909. The first-order valence-corrected chi connectivity index (χ1v) is 6.10. The first-order chi connectivity index (χ1) is 5.58. The summed E-state index contributed by atoms with van der Waals surface area (Å²) < 4.78 is 0. The molecule has 0 heterocycles. The summed E-state index contributed by atoms with van der Waals surface area (Å²) in [5, 5.41) is 0.944. The predicted molar refractivity (Wildman–Crippen MR) is 58.5 cm³/mol. The van der Waals surface area contributed by atoms with Gasteiger partial charge in [-0.2, -0.15) is 17.2 Å². The Balaban J connectivity index is 0.00000144. The molecular formula is C11H21LiS. The molecule has 0 aromatic carbocycles. The molecule has 0 N–H and O–H groups in total. The Morgan fingerprint density at radius 2 is 1.77 bits per heavy atom. The van der Waals surface area contributed by atoms with Crippen LogP contribution in [0.5, 0.6) is 0 Å². The second kappa shape index (κ2) is 6.43. The smallest absolute Gasteiger partial charge is 0.337 e. The largest absolute Gasteiger partial charge is 1.00 e. The van der Waals surface area contributed by atoms with Crippen LogP contribution >= 0.6 is 11.8 Å². The van der Waals surface area contributed by atoms with Crippen LogP contribution in [0.25, 0.3) is 0 Å². The van der Waals surface area contributed by atoms with Crippen LogP contribution in [0.4, 0.5) is 0 Å².